The summed E-state index contributed by atoms with van der Waals surface area (Å²) in [6.07, 6.45) is 0. The van der Waals surface area contributed by atoms with Gasteiger partial charge in [-0.15, -0.1) is 0 Å². The molecule has 3 heteroatoms. The van der Waals surface area contributed by atoms with Crippen molar-refractivity contribution >= 4 is 34.5 Å². The van der Waals surface area contributed by atoms with Crippen molar-refractivity contribution in [3.63, 3.8) is 0 Å². The molecule has 0 spiro atoms. The van der Waals surface area contributed by atoms with Crippen molar-refractivity contribution in [1.29, 1.82) is 0 Å². The van der Waals surface area contributed by atoms with Crippen LogP contribution >= 0.6 is 0 Å². The Hall–Kier alpha value is 1.23. The molecule has 0 aromatic rings. The molecule has 13 heavy (non-hydrogen) atoms. The van der Waals surface area contributed by atoms with Crippen molar-refractivity contribution in [3.8, 4) is 0 Å². The monoisotopic (exact) mass is 324 g/mol. The summed E-state index contributed by atoms with van der Waals surface area (Å²) in [4.78, 5) is 7.90. The van der Waals surface area contributed by atoms with Gasteiger partial charge in [0.2, 0.25) is 0 Å². The molecule has 0 bridgehead atoms. The van der Waals surface area contributed by atoms with Crippen LogP contribution in [-0.4, -0.2) is 34.5 Å². The second-order valence-electron chi connectivity index (χ2n) is 7.53. The van der Waals surface area contributed by atoms with Gasteiger partial charge < -0.3 is 0 Å². The zero-order chi connectivity index (χ0) is 11.1. The van der Waals surface area contributed by atoms with Crippen molar-refractivity contribution in [1.82, 2.24) is 0 Å². The van der Waals surface area contributed by atoms with Crippen LogP contribution in [0.25, 0.3) is 0 Å². The van der Waals surface area contributed by atoms with Crippen molar-refractivity contribution in [2.75, 3.05) is 0 Å². The van der Waals surface area contributed by atoms with E-state index in [2.05, 4.69) is 54.1 Å². The van der Waals surface area contributed by atoms with Crippen LogP contribution in [0.5, 0.6) is 0 Å². The third-order valence-electron chi connectivity index (χ3n) is 2.60. The molecule has 0 heterocycles. The fourth-order valence-electron chi connectivity index (χ4n) is 3.90. The molecule has 0 saturated carbocycles. The maximum atomic E-state index is 2.63. The summed E-state index contributed by atoms with van der Waals surface area (Å²) in [6.45, 7) is 15.5. The molecular formula is C10H28Si2Sn. The van der Waals surface area contributed by atoms with E-state index in [0.717, 1.165) is 0 Å². The molecule has 0 aliphatic rings. The minimum atomic E-state index is -1.67. The van der Waals surface area contributed by atoms with Crippen LogP contribution in [0, 0.1) is 0 Å². The quantitative estimate of drug-likeness (QED) is 0.673. The third kappa shape index (κ3) is 4.51. The van der Waals surface area contributed by atoms with E-state index >= 15 is 0 Å². The van der Waals surface area contributed by atoms with E-state index in [0.29, 0.717) is 0 Å². The van der Waals surface area contributed by atoms with E-state index in [-0.39, 0.29) is 0 Å². The summed E-state index contributed by atoms with van der Waals surface area (Å²) in [6, 6.07) is 0. The van der Waals surface area contributed by atoms with Crippen LogP contribution in [0.1, 0.15) is 0 Å². The number of hydrogen-bond acceptors (Lipinski definition) is 0. The van der Waals surface area contributed by atoms with Crippen LogP contribution < -0.4 is 0 Å². The molecule has 0 amide bonds. The summed E-state index contributed by atoms with van der Waals surface area (Å²) in [5.41, 5.74) is 0. The first-order valence-electron chi connectivity index (χ1n) is 5.37. The van der Waals surface area contributed by atoms with Gasteiger partial charge in [-0.1, -0.05) is 0 Å². The van der Waals surface area contributed by atoms with Crippen molar-refractivity contribution in [2.45, 2.75) is 57.3 Å². The molecule has 0 nitrogen and oxygen atoms in total. The number of hydrogen-bond donors (Lipinski definition) is 0. The van der Waals surface area contributed by atoms with Gasteiger partial charge in [0, 0.05) is 0 Å². The first-order valence-corrected chi connectivity index (χ1v) is 22.7. The zero-order valence-corrected chi connectivity index (χ0v) is 15.9. The normalized spacial score (nSPS) is 15.2. The Morgan fingerprint density at radius 2 is 0.923 bits per heavy atom. The Balaban J connectivity index is 5.02. The number of rotatable bonds is 3. The third-order valence-corrected chi connectivity index (χ3v) is 42.7. The average Bonchev–Trinajstić information content (AvgIpc) is 1.44. The van der Waals surface area contributed by atoms with Crippen LogP contribution in [0.15, 0.2) is 0 Å². The Bertz CT molecular complexity index is 136. The van der Waals surface area contributed by atoms with E-state index in [1.54, 1.807) is 0 Å². The van der Waals surface area contributed by atoms with Gasteiger partial charge in [0.05, 0.1) is 0 Å². The van der Waals surface area contributed by atoms with Gasteiger partial charge in [0.1, 0.15) is 0 Å². The van der Waals surface area contributed by atoms with E-state index < -0.39 is 34.5 Å². The van der Waals surface area contributed by atoms with E-state index in [4.69, 9.17) is 0 Å². The van der Waals surface area contributed by atoms with E-state index in [9.17, 15) is 0 Å². The molecule has 80 valence electrons. The molecule has 0 unspecified atom stereocenters. The van der Waals surface area contributed by atoms with Crippen LogP contribution in [0.4, 0.5) is 0 Å². The summed E-state index contributed by atoms with van der Waals surface area (Å²) >= 11 is -1.67. The molecule has 0 radical (unpaired) electrons. The SMILES string of the molecule is C[Si](C)(C)[CH]([Si](C)(C)C)[Sn]([CH3])([CH3])[CH3]. The molecule has 0 aliphatic carbocycles. The van der Waals surface area contributed by atoms with Gasteiger partial charge in [-0.25, -0.2) is 0 Å². The molecule has 0 aliphatic heterocycles. The van der Waals surface area contributed by atoms with Crippen molar-refractivity contribution in [2.24, 2.45) is 0 Å². The van der Waals surface area contributed by atoms with Gasteiger partial charge in [0.25, 0.3) is 0 Å². The van der Waals surface area contributed by atoms with Gasteiger partial charge in [-0.3, -0.25) is 0 Å². The first kappa shape index (κ1) is 14.2. The Morgan fingerprint density at radius 1 is 0.692 bits per heavy atom. The summed E-state index contributed by atoms with van der Waals surface area (Å²) in [5.74, 6) is 0. The molecule has 0 rings (SSSR count). The predicted octanol–water partition coefficient (Wildman–Crippen LogP) is 4.45. The standard InChI is InChI=1S/C7H19Si2.3CH3.Sn/c1-8(2,3)7-9(4,5)6;;;;/h7H,1-6H3;3*1H3;. The van der Waals surface area contributed by atoms with Gasteiger partial charge in [-0.05, 0) is 0 Å². The molecule has 0 aromatic carbocycles. The molecule has 0 saturated heterocycles. The topological polar surface area (TPSA) is 0 Å². The first-order chi connectivity index (χ1) is 5.37. The molecule has 0 N–H and O–H groups in total. The van der Waals surface area contributed by atoms with E-state index in [1.807, 2.05) is 0 Å². The van der Waals surface area contributed by atoms with Crippen LogP contribution in [0.3, 0.4) is 0 Å². The maximum absolute atomic E-state index is 2.63. The molecule has 0 fully saturated rings. The second kappa shape index (κ2) is 4.01. The predicted molar refractivity (Wildman–Crippen MR) is 73.8 cm³/mol. The minimum absolute atomic E-state index is 0.902. The zero-order valence-electron chi connectivity index (χ0n) is 11.1. The Kier molecular flexibility index (Phi) is 4.39. The fraction of sp³-hybridized carbons (Fsp3) is 1.00. The molecule has 0 atom stereocenters. The summed E-state index contributed by atoms with van der Waals surface area (Å²) in [7, 11) is -1.80. The van der Waals surface area contributed by atoms with Crippen molar-refractivity contribution in [3.05, 3.63) is 0 Å². The summed E-state index contributed by atoms with van der Waals surface area (Å²) in [5, 5.41) is 0. The second-order valence-corrected chi connectivity index (χ2v) is 37.2. The van der Waals surface area contributed by atoms with E-state index in [1.165, 1.54) is 3.18 Å². The average molecular weight is 323 g/mol. The summed E-state index contributed by atoms with van der Waals surface area (Å²) < 4.78 is 1.22. The Labute approximate surface area is 91.4 Å². The Morgan fingerprint density at radius 3 is 0.923 bits per heavy atom. The van der Waals surface area contributed by atoms with Gasteiger partial charge >= 0.3 is 91.8 Å². The fourth-order valence-corrected chi connectivity index (χ4v) is 64.0. The van der Waals surface area contributed by atoms with Crippen LogP contribution in [-0.2, 0) is 0 Å². The van der Waals surface area contributed by atoms with Gasteiger partial charge in [0.15, 0.2) is 0 Å². The van der Waals surface area contributed by atoms with Gasteiger partial charge in [-0.2, -0.15) is 0 Å². The van der Waals surface area contributed by atoms with Crippen LogP contribution in [0.2, 0.25) is 57.3 Å². The molecular weight excluding hydrogens is 295 g/mol. The molecule has 0 aromatic heterocycles. The van der Waals surface area contributed by atoms with Crippen molar-refractivity contribution < 1.29 is 0 Å².